The third-order valence-corrected chi connectivity index (χ3v) is 4.71. The van der Waals surface area contributed by atoms with Crippen molar-refractivity contribution in [3.8, 4) is 0 Å². The molecule has 0 spiro atoms. The van der Waals surface area contributed by atoms with E-state index in [0.717, 1.165) is 5.56 Å². The van der Waals surface area contributed by atoms with Crippen LogP contribution in [0.5, 0.6) is 0 Å². The van der Waals surface area contributed by atoms with E-state index in [-0.39, 0.29) is 22.2 Å². The van der Waals surface area contributed by atoms with Crippen LogP contribution >= 0.6 is 0 Å². The second-order valence-corrected chi connectivity index (χ2v) is 6.55. The lowest BCUT2D eigenvalue weighted by molar-refractivity contribution is -0.114. The molecule has 0 radical (unpaired) electrons. The van der Waals surface area contributed by atoms with Gasteiger partial charge in [0.2, 0.25) is 15.7 Å². The Kier molecular flexibility index (Phi) is 4.40. The summed E-state index contributed by atoms with van der Waals surface area (Å²) >= 11 is 0. The Labute approximate surface area is 123 Å². The van der Waals surface area contributed by atoms with Crippen molar-refractivity contribution in [3.63, 3.8) is 0 Å². The Morgan fingerprint density at radius 1 is 1.10 bits per heavy atom. The largest absolute Gasteiger partial charge is 0.325 e. The van der Waals surface area contributed by atoms with Crippen molar-refractivity contribution in [1.82, 2.24) is 0 Å². The zero-order valence-electron chi connectivity index (χ0n) is 11.5. The van der Waals surface area contributed by atoms with E-state index < -0.39 is 9.84 Å². The first-order valence-corrected chi connectivity index (χ1v) is 7.83. The van der Waals surface area contributed by atoms with E-state index in [2.05, 4.69) is 5.32 Å². The zero-order valence-corrected chi connectivity index (χ0v) is 12.4. The summed E-state index contributed by atoms with van der Waals surface area (Å²) in [5.41, 5.74) is 6.60. The number of carbonyl (C=O) groups is 1. The molecule has 0 saturated carbocycles. The molecule has 0 saturated heterocycles. The molecule has 0 aromatic heterocycles. The fourth-order valence-corrected chi connectivity index (χ4v) is 3.11. The van der Waals surface area contributed by atoms with Gasteiger partial charge in [-0.2, -0.15) is 0 Å². The average Bonchev–Trinajstić information content (AvgIpc) is 2.48. The fraction of sp³-hybridized carbons (Fsp3) is 0.133. The number of sulfone groups is 1. The molecule has 5 nitrogen and oxygen atoms in total. The lowest BCUT2D eigenvalue weighted by Crippen LogP contribution is -2.21. The van der Waals surface area contributed by atoms with Gasteiger partial charge >= 0.3 is 0 Å². The number of anilines is 1. The molecular weight excluding hydrogens is 288 g/mol. The molecule has 3 N–H and O–H groups in total. The second kappa shape index (κ2) is 6.07. The number of nitrogens with one attached hydrogen (secondary N) is 1. The maximum Gasteiger partial charge on any atom is 0.238 e. The van der Waals surface area contributed by atoms with Gasteiger partial charge in [0.15, 0.2) is 0 Å². The first-order valence-electron chi connectivity index (χ1n) is 6.35. The van der Waals surface area contributed by atoms with Crippen molar-refractivity contribution in [2.75, 3.05) is 11.9 Å². The molecule has 6 heteroatoms. The summed E-state index contributed by atoms with van der Waals surface area (Å²) in [7, 11) is -3.60. The van der Waals surface area contributed by atoms with E-state index >= 15 is 0 Å². The molecule has 2 rings (SSSR count). The van der Waals surface area contributed by atoms with E-state index in [1.807, 2.05) is 6.92 Å². The van der Waals surface area contributed by atoms with Crippen molar-refractivity contribution in [2.45, 2.75) is 16.7 Å². The second-order valence-electron chi connectivity index (χ2n) is 4.60. The molecule has 0 aliphatic carbocycles. The van der Waals surface area contributed by atoms with E-state index in [4.69, 9.17) is 5.73 Å². The molecule has 110 valence electrons. The van der Waals surface area contributed by atoms with Gasteiger partial charge in [0.25, 0.3) is 0 Å². The molecule has 0 unspecified atom stereocenters. The van der Waals surface area contributed by atoms with Gasteiger partial charge in [-0.1, -0.05) is 23.8 Å². The molecule has 21 heavy (non-hydrogen) atoms. The molecule has 0 atom stereocenters. The van der Waals surface area contributed by atoms with Crippen LogP contribution < -0.4 is 11.1 Å². The van der Waals surface area contributed by atoms with Crippen LogP contribution in [0.4, 0.5) is 5.69 Å². The van der Waals surface area contributed by atoms with E-state index in [1.54, 1.807) is 36.4 Å². The summed E-state index contributed by atoms with van der Waals surface area (Å²) in [6.07, 6.45) is 0. The minimum Gasteiger partial charge on any atom is -0.325 e. The molecule has 2 aromatic rings. The Morgan fingerprint density at radius 3 is 2.38 bits per heavy atom. The Hall–Kier alpha value is -2.18. The summed E-state index contributed by atoms with van der Waals surface area (Å²) in [6.45, 7) is 1.73. The third-order valence-electron chi connectivity index (χ3n) is 2.94. The van der Waals surface area contributed by atoms with Gasteiger partial charge in [-0.25, -0.2) is 8.42 Å². The number of nitrogens with two attached hydrogens (primary N) is 1. The quantitative estimate of drug-likeness (QED) is 0.900. The first kappa shape index (κ1) is 15.2. The monoisotopic (exact) mass is 304 g/mol. The topological polar surface area (TPSA) is 89.3 Å². The lowest BCUT2D eigenvalue weighted by atomic mass is 10.2. The van der Waals surface area contributed by atoms with Gasteiger partial charge in [-0.15, -0.1) is 0 Å². The van der Waals surface area contributed by atoms with Crippen LogP contribution in [0.2, 0.25) is 0 Å². The van der Waals surface area contributed by atoms with E-state index in [9.17, 15) is 13.2 Å². The maximum atomic E-state index is 12.5. The highest BCUT2D eigenvalue weighted by atomic mass is 32.2. The van der Waals surface area contributed by atoms with E-state index in [0.29, 0.717) is 5.69 Å². The third kappa shape index (κ3) is 3.48. The Balaban J connectivity index is 2.38. The molecule has 2 aromatic carbocycles. The van der Waals surface area contributed by atoms with Gasteiger partial charge in [-0.05, 0) is 37.3 Å². The summed E-state index contributed by atoms with van der Waals surface area (Å²) in [5, 5.41) is 2.54. The summed E-state index contributed by atoms with van der Waals surface area (Å²) < 4.78 is 25.0. The number of aryl methyl sites for hydroxylation is 1. The van der Waals surface area contributed by atoms with Crippen LogP contribution in [-0.2, 0) is 14.6 Å². The van der Waals surface area contributed by atoms with Crippen LogP contribution in [0.25, 0.3) is 0 Å². The van der Waals surface area contributed by atoms with Gasteiger partial charge in [-0.3, -0.25) is 4.79 Å². The fourth-order valence-electron chi connectivity index (χ4n) is 1.81. The highest BCUT2D eigenvalue weighted by molar-refractivity contribution is 7.91. The normalized spacial score (nSPS) is 11.1. The van der Waals surface area contributed by atoms with Gasteiger partial charge in [0, 0.05) is 5.69 Å². The minimum atomic E-state index is -3.60. The van der Waals surface area contributed by atoms with Crippen LogP contribution in [0.15, 0.2) is 58.3 Å². The number of carbonyl (C=O) groups excluding carboxylic acids is 1. The van der Waals surface area contributed by atoms with Crippen LogP contribution in [0.1, 0.15) is 5.56 Å². The summed E-state index contributed by atoms with van der Waals surface area (Å²) in [6, 6.07) is 12.7. The van der Waals surface area contributed by atoms with Crippen molar-refractivity contribution in [3.05, 3.63) is 54.1 Å². The Bertz CT molecular complexity index is 753. The van der Waals surface area contributed by atoms with Crippen LogP contribution in [-0.4, -0.2) is 20.9 Å². The van der Waals surface area contributed by atoms with Gasteiger partial charge in [0.1, 0.15) is 0 Å². The van der Waals surface area contributed by atoms with Crippen molar-refractivity contribution in [1.29, 1.82) is 0 Å². The highest BCUT2D eigenvalue weighted by Crippen LogP contribution is 2.23. The highest BCUT2D eigenvalue weighted by Gasteiger charge is 2.17. The Morgan fingerprint density at radius 2 is 1.76 bits per heavy atom. The number of benzene rings is 2. The van der Waals surface area contributed by atoms with Gasteiger partial charge in [0.05, 0.1) is 16.3 Å². The average molecular weight is 304 g/mol. The molecule has 0 aliphatic heterocycles. The van der Waals surface area contributed by atoms with Crippen LogP contribution in [0, 0.1) is 6.92 Å². The summed E-state index contributed by atoms with van der Waals surface area (Å²) in [5.74, 6) is -0.375. The SMILES string of the molecule is Cc1ccc(S(=O)(=O)c2cccc(NC(=O)CN)c2)cc1. The number of amides is 1. The maximum absolute atomic E-state index is 12.5. The molecule has 0 aliphatic rings. The predicted molar refractivity (Wildman–Crippen MR) is 80.8 cm³/mol. The molecule has 0 heterocycles. The predicted octanol–water partition coefficient (Wildman–Crippen LogP) is 1.73. The summed E-state index contributed by atoms with van der Waals surface area (Å²) in [4.78, 5) is 11.6. The first-order chi connectivity index (χ1) is 9.93. The van der Waals surface area contributed by atoms with Crippen LogP contribution in [0.3, 0.4) is 0 Å². The molecule has 1 amide bonds. The molecular formula is C15H16N2O3S. The standard InChI is InChI=1S/C15H16N2O3S/c1-11-5-7-13(8-6-11)21(19,20)14-4-2-3-12(9-14)17-15(18)10-16/h2-9H,10,16H2,1H3,(H,17,18). The van der Waals surface area contributed by atoms with Crippen molar-refractivity contribution in [2.24, 2.45) is 5.73 Å². The zero-order chi connectivity index (χ0) is 15.5. The molecule has 0 fully saturated rings. The minimum absolute atomic E-state index is 0.126. The molecule has 0 bridgehead atoms. The number of hydrogen-bond acceptors (Lipinski definition) is 4. The number of hydrogen-bond donors (Lipinski definition) is 2. The van der Waals surface area contributed by atoms with Crippen molar-refractivity contribution < 1.29 is 13.2 Å². The van der Waals surface area contributed by atoms with Gasteiger partial charge < -0.3 is 11.1 Å². The lowest BCUT2D eigenvalue weighted by Gasteiger charge is -2.08. The van der Waals surface area contributed by atoms with Crippen molar-refractivity contribution >= 4 is 21.4 Å². The smallest absolute Gasteiger partial charge is 0.238 e. The number of rotatable bonds is 4. The van der Waals surface area contributed by atoms with E-state index in [1.165, 1.54) is 12.1 Å².